The summed E-state index contributed by atoms with van der Waals surface area (Å²) in [6.07, 6.45) is 2.94. The topological polar surface area (TPSA) is 80.8 Å². The number of hydrogen-bond donors (Lipinski definition) is 0. The quantitative estimate of drug-likeness (QED) is 0.243. The third-order valence-electron chi connectivity index (χ3n) is 7.87. The van der Waals surface area contributed by atoms with E-state index in [4.69, 9.17) is 18.9 Å². The number of aryl methyl sites for hydroxylation is 1. The van der Waals surface area contributed by atoms with Gasteiger partial charge in [-0.2, -0.15) is 0 Å². The maximum absolute atomic E-state index is 14.0. The smallest absolute Gasteiger partial charge is 0.254 e. The number of thiophene rings is 1. The lowest BCUT2D eigenvalue weighted by atomic mass is 10.1. The molecule has 10 heteroatoms. The van der Waals surface area contributed by atoms with Gasteiger partial charge in [-0.25, -0.2) is 0 Å². The van der Waals surface area contributed by atoms with Crippen LogP contribution >= 0.6 is 11.3 Å². The van der Waals surface area contributed by atoms with Crippen molar-refractivity contribution in [3.05, 3.63) is 69.4 Å². The molecule has 4 rings (SSSR count). The molecule has 2 aromatic carbocycles. The van der Waals surface area contributed by atoms with Gasteiger partial charge < -0.3 is 33.6 Å². The zero-order valence-electron chi connectivity index (χ0n) is 25.9. The lowest BCUT2D eigenvalue weighted by Crippen LogP contribution is -2.45. The standard InChI is InChI=1S/C33H43N3O6S/c1-24-11-17-43-31(24)22-35(14-10-25-8-9-29(41-4)30(18-25)42-5)32(37)23-36(16-15-34-12-6-7-13-34)33(38)26-19-27(39-2)21-28(20-26)40-3/h8-9,11,17-21H,6-7,10,12-16,22-23H2,1-5H3. The van der Waals surface area contributed by atoms with Crippen molar-refractivity contribution in [3.8, 4) is 23.0 Å². The van der Waals surface area contributed by atoms with Gasteiger partial charge in [0, 0.05) is 36.1 Å². The molecule has 3 aromatic rings. The minimum Gasteiger partial charge on any atom is -0.497 e. The molecule has 1 fully saturated rings. The SMILES string of the molecule is COc1cc(OC)cc(C(=O)N(CCN2CCCC2)CC(=O)N(CCc2ccc(OC)c(OC)c2)Cc2sccc2C)c1. The van der Waals surface area contributed by atoms with E-state index in [0.717, 1.165) is 48.5 Å². The summed E-state index contributed by atoms with van der Waals surface area (Å²) in [5, 5.41) is 2.05. The zero-order chi connectivity index (χ0) is 30.8. The summed E-state index contributed by atoms with van der Waals surface area (Å²) in [6.45, 7) is 6.20. The van der Waals surface area contributed by atoms with E-state index in [9.17, 15) is 9.59 Å². The van der Waals surface area contributed by atoms with Crippen molar-refractivity contribution in [2.75, 3.05) is 67.7 Å². The molecule has 0 aliphatic carbocycles. The normalized spacial score (nSPS) is 13.0. The van der Waals surface area contributed by atoms with Gasteiger partial charge in [-0.05, 0) is 86.1 Å². The molecule has 1 aliphatic heterocycles. The number of carbonyl (C=O) groups is 2. The van der Waals surface area contributed by atoms with Crippen molar-refractivity contribution in [2.45, 2.75) is 32.7 Å². The predicted octanol–water partition coefficient (Wildman–Crippen LogP) is 4.90. The first-order valence-corrected chi connectivity index (χ1v) is 15.5. The zero-order valence-corrected chi connectivity index (χ0v) is 26.7. The Balaban J connectivity index is 1.57. The minimum absolute atomic E-state index is 0.0252. The molecule has 1 aliphatic rings. The Morgan fingerprint density at radius 3 is 2.14 bits per heavy atom. The van der Waals surface area contributed by atoms with Gasteiger partial charge in [0.05, 0.1) is 35.0 Å². The van der Waals surface area contributed by atoms with E-state index < -0.39 is 0 Å². The molecule has 1 aromatic heterocycles. The van der Waals surface area contributed by atoms with Gasteiger partial charge in [0.2, 0.25) is 5.91 Å². The van der Waals surface area contributed by atoms with Crippen molar-refractivity contribution in [1.82, 2.24) is 14.7 Å². The number of carbonyl (C=O) groups excluding carboxylic acids is 2. The Bertz CT molecular complexity index is 1350. The second kappa shape index (κ2) is 15.6. The molecule has 232 valence electrons. The highest BCUT2D eigenvalue weighted by Gasteiger charge is 2.25. The predicted molar refractivity (Wildman–Crippen MR) is 169 cm³/mol. The van der Waals surface area contributed by atoms with Crippen LogP contribution in [0, 0.1) is 6.92 Å². The number of hydrogen-bond acceptors (Lipinski definition) is 8. The average Bonchev–Trinajstić information content (AvgIpc) is 3.71. The van der Waals surface area contributed by atoms with Gasteiger partial charge in [0.25, 0.3) is 5.91 Å². The molecule has 0 atom stereocenters. The van der Waals surface area contributed by atoms with Crippen LogP contribution in [0.4, 0.5) is 0 Å². The molecule has 0 saturated carbocycles. The van der Waals surface area contributed by atoms with Gasteiger partial charge in [-0.3, -0.25) is 9.59 Å². The Hall–Kier alpha value is -3.76. The van der Waals surface area contributed by atoms with E-state index in [1.807, 2.05) is 28.5 Å². The molecule has 0 N–H and O–H groups in total. The first-order chi connectivity index (χ1) is 20.8. The number of amides is 2. The molecule has 0 spiro atoms. The van der Waals surface area contributed by atoms with Crippen LogP contribution in [0.1, 0.15) is 39.2 Å². The van der Waals surface area contributed by atoms with Crippen LogP contribution in [0.2, 0.25) is 0 Å². The monoisotopic (exact) mass is 609 g/mol. The van der Waals surface area contributed by atoms with E-state index in [-0.39, 0.29) is 18.4 Å². The highest BCUT2D eigenvalue weighted by Crippen LogP contribution is 2.28. The van der Waals surface area contributed by atoms with Gasteiger partial charge in [0.15, 0.2) is 11.5 Å². The maximum atomic E-state index is 14.0. The van der Waals surface area contributed by atoms with Gasteiger partial charge in [-0.15, -0.1) is 11.3 Å². The molecule has 0 radical (unpaired) electrons. The Labute approximate surface area is 258 Å². The van der Waals surface area contributed by atoms with Crippen LogP contribution in [0.3, 0.4) is 0 Å². The molecule has 2 heterocycles. The third-order valence-corrected chi connectivity index (χ3v) is 8.88. The lowest BCUT2D eigenvalue weighted by Gasteiger charge is -2.29. The first-order valence-electron chi connectivity index (χ1n) is 14.6. The Morgan fingerprint density at radius 1 is 0.837 bits per heavy atom. The summed E-state index contributed by atoms with van der Waals surface area (Å²) in [4.78, 5) is 35.0. The fourth-order valence-corrected chi connectivity index (χ4v) is 6.15. The molecule has 0 bridgehead atoms. The van der Waals surface area contributed by atoms with Crippen LogP contribution in [0.25, 0.3) is 0 Å². The van der Waals surface area contributed by atoms with E-state index >= 15 is 0 Å². The molecule has 1 saturated heterocycles. The second-order valence-corrected chi connectivity index (χ2v) is 11.7. The lowest BCUT2D eigenvalue weighted by molar-refractivity contribution is -0.132. The summed E-state index contributed by atoms with van der Waals surface area (Å²) in [6, 6.07) is 13.0. The maximum Gasteiger partial charge on any atom is 0.254 e. The summed E-state index contributed by atoms with van der Waals surface area (Å²) < 4.78 is 21.7. The van der Waals surface area contributed by atoms with Crippen molar-refractivity contribution < 1.29 is 28.5 Å². The van der Waals surface area contributed by atoms with Crippen molar-refractivity contribution in [1.29, 1.82) is 0 Å². The number of rotatable bonds is 15. The summed E-state index contributed by atoms with van der Waals surface area (Å²) in [5.41, 5.74) is 2.61. The second-order valence-electron chi connectivity index (χ2n) is 10.7. The van der Waals surface area contributed by atoms with Gasteiger partial charge in [0.1, 0.15) is 18.0 Å². The van der Waals surface area contributed by atoms with E-state index in [0.29, 0.717) is 54.6 Å². The van der Waals surface area contributed by atoms with Crippen LogP contribution in [-0.4, -0.2) is 94.2 Å². The van der Waals surface area contributed by atoms with E-state index in [1.54, 1.807) is 62.9 Å². The molecular formula is C33H43N3O6S. The Kier molecular flexibility index (Phi) is 11.7. The number of methoxy groups -OCH3 is 4. The molecular weight excluding hydrogens is 566 g/mol. The fourth-order valence-electron chi connectivity index (χ4n) is 5.23. The summed E-state index contributed by atoms with van der Waals surface area (Å²) >= 11 is 1.64. The number of likely N-dealkylation sites (tertiary alicyclic amines) is 1. The third kappa shape index (κ3) is 8.64. The van der Waals surface area contributed by atoms with Gasteiger partial charge in [-0.1, -0.05) is 6.07 Å². The summed E-state index contributed by atoms with van der Waals surface area (Å²) in [5.74, 6) is 2.04. The summed E-state index contributed by atoms with van der Waals surface area (Å²) in [7, 11) is 6.34. The van der Waals surface area contributed by atoms with Crippen LogP contribution in [-0.2, 0) is 17.8 Å². The number of nitrogens with zero attached hydrogens (tertiary/aromatic N) is 3. The first kappa shape index (κ1) is 32.2. The number of ether oxygens (including phenoxy) is 4. The van der Waals surface area contributed by atoms with Crippen LogP contribution < -0.4 is 18.9 Å². The van der Waals surface area contributed by atoms with Crippen molar-refractivity contribution in [2.24, 2.45) is 0 Å². The average molecular weight is 610 g/mol. The largest absolute Gasteiger partial charge is 0.497 e. The molecule has 2 amide bonds. The van der Waals surface area contributed by atoms with Crippen molar-refractivity contribution in [3.63, 3.8) is 0 Å². The fraction of sp³-hybridized carbons (Fsp3) is 0.455. The van der Waals surface area contributed by atoms with Crippen LogP contribution in [0.15, 0.2) is 47.8 Å². The highest BCUT2D eigenvalue weighted by atomic mass is 32.1. The molecule has 43 heavy (non-hydrogen) atoms. The molecule has 9 nitrogen and oxygen atoms in total. The van der Waals surface area contributed by atoms with Crippen LogP contribution in [0.5, 0.6) is 23.0 Å². The van der Waals surface area contributed by atoms with Crippen molar-refractivity contribution >= 4 is 23.2 Å². The highest BCUT2D eigenvalue weighted by molar-refractivity contribution is 7.10. The Morgan fingerprint density at radius 2 is 1.53 bits per heavy atom. The van der Waals surface area contributed by atoms with Gasteiger partial charge >= 0.3 is 0 Å². The molecule has 0 unspecified atom stereocenters. The van der Waals surface area contributed by atoms with E-state index in [2.05, 4.69) is 17.9 Å². The minimum atomic E-state index is -0.225. The number of benzene rings is 2. The van der Waals surface area contributed by atoms with E-state index in [1.165, 1.54) is 0 Å².